The molecule has 10 heteroatoms. The number of alkyl halides is 3. The van der Waals surface area contributed by atoms with Crippen LogP contribution in [-0.4, -0.2) is 46.0 Å². The summed E-state index contributed by atoms with van der Waals surface area (Å²) < 4.78 is 44.7. The van der Waals surface area contributed by atoms with Crippen LogP contribution in [0.2, 0.25) is 0 Å². The molecule has 0 unspecified atom stereocenters. The number of ether oxygens (including phenoxy) is 1. The number of urea groups is 1. The maximum absolute atomic E-state index is 12.9. The highest BCUT2D eigenvalue weighted by Gasteiger charge is 2.32. The van der Waals surface area contributed by atoms with Crippen molar-refractivity contribution in [1.29, 1.82) is 0 Å². The van der Waals surface area contributed by atoms with Crippen LogP contribution in [0.3, 0.4) is 0 Å². The molecule has 1 aliphatic rings. The third-order valence-electron chi connectivity index (χ3n) is 6.09. The summed E-state index contributed by atoms with van der Waals surface area (Å²) in [4.78, 5) is 12.6. The smallest absolute Gasteiger partial charge is 0.406 e. The standard InChI is InChI=1S/C25H26F3N5O2/c1-14-12-19-10-11-20(35-25(26,27)28)13-21(19)23(31-33(14)24(34)29-4)18-8-6-17(7-9-18)22-15(2)30-32(5)16(22)3/h6-11,13-14H,12H2,1-5H3,(H,29,34)/t14-/m0/s1. The molecule has 184 valence electrons. The van der Waals surface area contributed by atoms with Gasteiger partial charge < -0.3 is 10.1 Å². The van der Waals surface area contributed by atoms with Gasteiger partial charge in [-0.25, -0.2) is 9.80 Å². The molecule has 0 saturated carbocycles. The molecule has 0 spiro atoms. The van der Waals surface area contributed by atoms with Gasteiger partial charge in [0.05, 0.1) is 17.4 Å². The Morgan fingerprint density at radius 2 is 1.77 bits per heavy atom. The van der Waals surface area contributed by atoms with Crippen LogP contribution in [0.4, 0.5) is 18.0 Å². The Hall–Kier alpha value is -3.82. The van der Waals surface area contributed by atoms with Crippen LogP contribution >= 0.6 is 0 Å². The number of hydrazone groups is 1. The molecular weight excluding hydrogens is 459 g/mol. The number of benzene rings is 2. The highest BCUT2D eigenvalue weighted by Crippen LogP contribution is 2.32. The summed E-state index contributed by atoms with van der Waals surface area (Å²) in [5.41, 5.74) is 6.16. The number of nitrogens with zero attached hydrogens (tertiary/aromatic N) is 4. The number of rotatable bonds is 3. The topological polar surface area (TPSA) is 71.8 Å². The predicted molar refractivity (Wildman–Crippen MR) is 126 cm³/mol. The van der Waals surface area contributed by atoms with Crippen LogP contribution < -0.4 is 10.1 Å². The second-order valence-electron chi connectivity index (χ2n) is 8.52. The number of hydrogen-bond acceptors (Lipinski definition) is 4. The third-order valence-corrected chi connectivity index (χ3v) is 6.09. The number of halogens is 3. The van der Waals surface area contributed by atoms with Crippen molar-refractivity contribution >= 4 is 11.7 Å². The maximum Gasteiger partial charge on any atom is 0.573 e. The van der Waals surface area contributed by atoms with Crippen LogP contribution in [0, 0.1) is 13.8 Å². The first kappa shape index (κ1) is 24.3. The molecule has 1 aromatic heterocycles. The van der Waals surface area contributed by atoms with Crippen molar-refractivity contribution in [3.63, 3.8) is 0 Å². The van der Waals surface area contributed by atoms with E-state index in [4.69, 9.17) is 0 Å². The molecule has 1 N–H and O–H groups in total. The van der Waals surface area contributed by atoms with Crippen LogP contribution in [0.5, 0.6) is 5.75 Å². The fourth-order valence-corrected chi connectivity index (χ4v) is 4.38. The van der Waals surface area contributed by atoms with Crippen molar-refractivity contribution < 1.29 is 22.7 Å². The summed E-state index contributed by atoms with van der Waals surface area (Å²) in [6.45, 7) is 5.76. The minimum atomic E-state index is -4.82. The van der Waals surface area contributed by atoms with E-state index in [1.807, 2.05) is 56.8 Å². The number of carbonyl (C=O) groups excluding carboxylic acids is 1. The molecule has 4 rings (SSSR count). The molecule has 3 aromatic rings. The third kappa shape index (κ3) is 4.87. The summed E-state index contributed by atoms with van der Waals surface area (Å²) in [5.74, 6) is -0.344. The number of fused-ring (bicyclic) bond motifs is 1. The van der Waals surface area contributed by atoms with E-state index >= 15 is 0 Å². The van der Waals surface area contributed by atoms with Gasteiger partial charge in [0.25, 0.3) is 0 Å². The molecule has 0 fully saturated rings. The van der Waals surface area contributed by atoms with Crippen molar-refractivity contribution in [2.75, 3.05) is 7.05 Å². The second kappa shape index (κ2) is 9.09. The monoisotopic (exact) mass is 485 g/mol. The number of nitrogens with one attached hydrogen (secondary N) is 1. The Labute approximate surface area is 201 Å². The van der Waals surface area contributed by atoms with Gasteiger partial charge in [0.15, 0.2) is 0 Å². The van der Waals surface area contributed by atoms with E-state index < -0.39 is 12.4 Å². The SMILES string of the molecule is CNC(=O)N1N=C(c2ccc(-c3c(C)nn(C)c3C)cc2)c2cc(OC(F)(F)F)ccc2C[C@@H]1C. The number of hydrogen-bond donors (Lipinski definition) is 1. The summed E-state index contributed by atoms with van der Waals surface area (Å²) >= 11 is 0. The Morgan fingerprint density at radius 3 is 2.34 bits per heavy atom. The second-order valence-corrected chi connectivity index (χ2v) is 8.52. The molecule has 1 atom stereocenters. The van der Waals surface area contributed by atoms with E-state index in [1.165, 1.54) is 24.2 Å². The van der Waals surface area contributed by atoms with E-state index in [2.05, 4.69) is 20.3 Å². The molecular formula is C25H26F3N5O2. The zero-order valence-electron chi connectivity index (χ0n) is 20.1. The lowest BCUT2D eigenvalue weighted by Gasteiger charge is -2.22. The van der Waals surface area contributed by atoms with Crippen LogP contribution in [0.15, 0.2) is 47.6 Å². The van der Waals surface area contributed by atoms with Gasteiger partial charge in [-0.1, -0.05) is 30.3 Å². The van der Waals surface area contributed by atoms with Crippen molar-refractivity contribution in [3.05, 3.63) is 70.5 Å². The maximum atomic E-state index is 12.9. The van der Waals surface area contributed by atoms with E-state index in [0.717, 1.165) is 28.1 Å². The zero-order valence-corrected chi connectivity index (χ0v) is 20.1. The fraction of sp³-hybridized carbons (Fsp3) is 0.320. The highest BCUT2D eigenvalue weighted by molar-refractivity contribution is 6.14. The molecule has 7 nitrogen and oxygen atoms in total. The average Bonchev–Trinajstić information content (AvgIpc) is 2.96. The van der Waals surface area contributed by atoms with Gasteiger partial charge in [0.2, 0.25) is 0 Å². The predicted octanol–water partition coefficient (Wildman–Crippen LogP) is 4.94. The minimum absolute atomic E-state index is 0.319. The van der Waals surface area contributed by atoms with Gasteiger partial charge in [-0.2, -0.15) is 10.2 Å². The number of aromatic nitrogens is 2. The molecule has 0 saturated heterocycles. The van der Waals surface area contributed by atoms with Gasteiger partial charge in [0.1, 0.15) is 5.75 Å². The molecule has 2 heterocycles. The lowest BCUT2D eigenvalue weighted by molar-refractivity contribution is -0.274. The Kier molecular flexibility index (Phi) is 6.31. The number of amides is 2. The number of aryl methyl sites for hydroxylation is 2. The van der Waals surface area contributed by atoms with Crippen LogP contribution in [-0.2, 0) is 13.5 Å². The lowest BCUT2D eigenvalue weighted by atomic mass is 9.93. The van der Waals surface area contributed by atoms with E-state index in [0.29, 0.717) is 23.3 Å². The lowest BCUT2D eigenvalue weighted by Crippen LogP contribution is -2.41. The summed E-state index contributed by atoms with van der Waals surface area (Å²) in [7, 11) is 3.39. The van der Waals surface area contributed by atoms with E-state index in [9.17, 15) is 18.0 Å². The Morgan fingerprint density at radius 1 is 1.11 bits per heavy atom. The normalized spacial score (nSPS) is 15.8. The zero-order chi connectivity index (χ0) is 25.5. The van der Waals surface area contributed by atoms with Crippen molar-refractivity contribution in [3.8, 4) is 16.9 Å². The van der Waals surface area contributed by atoms with Gasteiger partial charge in [-0.15, -0.1) is 13.2 Å². The molecule has 2 amide bonds. The van der Waals surface area contributed by atoms with Gasteiger partial charge in [-0.05, 0) is 50.5 Å². The van der Waals surface area contributed by atoms with E-state index in [1.54, 1.807) is 6.07 Å². The molecule has 35 heavy (non-hydrogen) atoms. The average molecular weight is 486 g/mol. The molecule has 2 aromatic carbocycles. The van der Waals surface area contributed by atoms with Crippen LogP contribution in [0.25, 0.3) is 11.1 Å². The van der Waals surface area contributed by atoms with Crippen molar-refractivity contribution in [1.82, 2.24) is 20.1 Å². The Bertz CT molecular complexity index is 1300. The summed E-state index contributed by atoms with van der Waals surface area (Å²) in [5, 5.41) is 13.0. The largest absolute Gasteiger partial charge is 0.573 e. The first-order chi connectivity index (χ1) is 16.5. The summed E-state index contributed by atoms with van der Waals surface area (Å²) in [6, 6.07) is 11.0. The molecule has 0 bridgehead atoms. The van der Waals surface area contributed by atoms with Gasteiger partial charge >= 0.3 is 12.4 Å². The first-order valence-electron chi connectivity index (χ1n) is 11.1. The molecule has 0 radical (unpaired) electrons. The van der Waals surface area contributed by atoms with Crippen molar-refractivity contribution in [2.45, 2.75) is 39.6 Å². The highest BCUT2D eigenvalue weighted by atomic mass is 19.4. The Balaban J connectivity index is 1.84. The van der Waals surface area contributed by atoms with Crippen molar-refractivity contribution in [2.24, 2.45) is 12.1 Å². The number of carbonyl (C=O) groups is 1. The van der Waals surface area contributed by atoms with Gasteiger partial charge in [-0.3, -0.25) is 4.68 Å². The quantitative estimate of drug-likeness (QED) is 0.571. The molecule has 0 aliphatic carbocycles. The van der Waals surface area contributed by atoms with E-state index in [-0.39, 0.29) is 11.8 Å². The summed E-state index contributed by atoms with van der Waals surface area (Å²) in [6.07, 6.45) is -4.41. The van der Waals surface area contributed by atoms with Gasteiger partial charge in [0, 0.05) is 36.5 Å². The molecule has 1 aliphatic heterocycles. The van der Waals surface area contributed by atoms with Crippen LogP contribution in [0.1, 0.15) is 35.0 Å². The minimum Gasteiger partial charge on any atom is -0.406 e. The first-order valence-corrected chi connectivity index (χ1v) is 11.1. The fourth-order valence-electron chi connectivity index (χ4n) is 4.38.